The molecule has 0 unspecified atom stereocenters. The fourth-order valence-corrected chi connectivity index (χ4v) is 11.2. The zero-order valence-corrected chi connectivity index (χ0v) is 34.8. The third-order valence-corrected chi connectivity index (χ3v) is 14.2. The molecule has 0 fully saturated rings. The van der Waals surface area contributed by atoms with Crippen LogP contribution in [-0.2, 0) is 5.41 Å². The van der Waals surface area contributed by atoms with Gasteiger partial charge in [0.25, 0.3) is 0 Å². The lowest BCUT2D eigenvalue weighted by Crippen LogP contribution is -2.14. The Labute approximate surface area is 363 Å². The second kappa shape index (κ2) is 12.6. The molecule has 11 aromatic carbocycles. The van der Waals surface area contributed by atoms with Crippen LogP contribution < -0.4 is 0 Å². The highest BCUT2D eigenvalue weighted by Crippen LogP contribution is 2.51. The average molecular weight is 803 g/mol. The molecule has 0 aliphatic heterocycles. The molecule has 2 heteroatoms. The van der Waals surface area contributed by atoms with Gasteiger partial charge in [0.05, 0.1) is 0 Å². The van der Waals surface area contributed by atoms with Gasteiger partial charge in [-0.25, -0.2) is 0 Å². The lowest BCUT2D eigenvalue weighted by Gasteiger charge is -2.22. The summed E-state index contributed by atoms with van der Waals surface area (Å²) in [6, 6.07) is 71.3. The quantitative estimate of drug-likeness (QED) is 0.166. The van der Waals surface area contributed by atoms with Crippen molar-refractivity contribution in [3.05, 3.63) is 205 Å². The van der Waals surface area contributed by atoms with Crippen molar-refractivity contribution < 1.29 is 8.83 Å². The molecule has 2 aromatic heterocycles. The van der Waals surface area contributed by atoms with Crippen molar-refractivity contribution >= 4 is 87.0 Å². The summed E-state index contributed by atoms with van der Waals surface area (Å²) in [5.41, 5.74) is 16.2. The first-order valence-corrected chi connectivity index (χ1v) is 21.9. The molecule has 63 heavy (non-hydrogen) atoms. The summed E-state index contributed by atoms with van der Waals surface area (Å²) in [6.45, 7) is 4.72. The molecule has 0 bridgehead atoms. The molecular weight excluding hydrogens is 765 g/mol. The van der Waals surface area contributed by atoms with Crippen molar-refractivity contribution in [2.75, 3.05) is 0 Å². The van der Waals surface area contributed by atoms with Crippen molar-refractivity contribution in [3.8, 4) is 44.5 Å². The normalized spacial score (nSPS) is 13.4. The molecule has 1 aliphatic carbocycles. The van der Waals surface area contributed by atoms with Crippen molar-refractivity contribution in [2.24, 2.45) is 0 Å². The highest BCUT2D eigenvalue weighted by atomic mass is 16.3. The van der Waals surface area contributed by atoms with Crippen LogP contribution >= 0.6 is 0 Å². The van der Waals surface area contributed by atoms with Crippen LogP contribution in [0.15, 0.2) is 203 Å². The molecule has 1 aliphatic rings. The summed E-state index contributed by atoms with van der Waals surface area (Å²) >= 11 is 0. The fourth-order valence-electron chi connectivity index (χ4n) is 11.2. The summed E-state index contributed by atoms with van der Waals surface area (Å²) in [4.78, 5) is 0. The second-order valence-electron chi connectivity index (χ2n) is 18.0. The molecule has 0 radical (unpaired) electrons. The highest BCUT2D eigenvalue weighted by Gasteiger charge is 2.36. The van der Waals surface area contributed by atoms with E-state index in [0.29, 0.717) is 0 Å². The van der Waals surface area contributed by atoms with E-state index in [9.17, 15) is 0 Å². The molecule has 2 nitrogen and oxygen atoms in total. The van der Waals surface area contributed by atoms with E-state index >= 15 is 0 Å². The van der Waals surface area contributed by atoms with Gasteiger partial charge < -0.3 is 8.83 Å². The Balaban J connectivity index is 0.937. The number of rotatable bonds is 3. The van der Waals surface area contributed by atoms with E-state index in [4.69, 9.17) is 8.83 Å². The number of benzene rings is 11. The van der Waals surface area contributed by atoms with E-state index in [1.807, 2.05) is 0 Å². The van der Waals surface area contributed by atoms with Crippen LogP contribution in [0.2, 0.25) is 0 Å². The summed E-state index contributed by atoms with van der Waals surface area (Å²) < 4.78 is 13.0. The van der Waals surface area contributed by atoms with E-state index in [-0.39, 0.29) is 5.41 Å². The predicted molar refractivity (Wildman–Crippen MR) is 265 cm³/mol. The Morgan fingerprint density at radius 3 is 1.40 bits per heavy atom. The van der Waals surface area contributed by atoms with E-state index in [1.54, 1.807) is 0 Å². The molecule has 14 rings (SSSR count). The van der Waals surface area contributed by atoms with Gasteiger partial charge in [-0.05, 0) is 159 Å². The first-order valence-electron chi connectivity index (χ1n) is 21.9. The van der Waals surface area contributed by atoms with Gasteiger partial charge in [-0.15, -0.1) is 0 Å². The predicted octanol–water partition coefficient (Wildman–Crippen LogP) is 17.4. The lowest BCUT2D eigenvalue weighted by molar-refractivity contribution is 0.661. The Kier molecular flexibility index (Phi) is 6.93. The van der Waals surface area contributed by atoms with Crippen LogP contribution in [-0.4, -0.2) is 0 Å². The third kappa shape index (κ3) is 4.89. The van der Waals surface area contributed by atoms with E-state index < -0.39 is 0 Å². The maximum absolute atomic E-state index is 6.55. The zero-order chi connectivity index (χ0) is 41.6. The van der Waals surface area contributed by atoms with Gasteiger partial charge in [0.2, 0.25) is 0 Å². The number of hydrogen-bond acceptors (Lipinski definition) is 2. The minimum Gasteiger partial charge on any atom is -0.456 e. The van der Waals surface area contributed by atoms with Crippen LogP contribution in [0.25, 0.3) is 131 Å². The summed E-state index contributed by atoms with van der Waals surface area (Å²) in [5.74, 6) is 0. The molecule has 2 heterocycles. The number of fused-ring (bicyclic) bond motifs is 14. The fraction of sp³-hybridized carbons (Fsp3) is 0.0492. The summed E-state index contributed by atoms with van der Waals surface area (Å²) in [5, 5.41) is 14.4. The topological polar surface area (TPSA) is 26.3 Å². The molecular formula is C61H38O2. The number of hydrogen-bond donors (Lipinski definition) is 0. The Hall–Kier alpha value is -7.94. The monoisotopic (exact) mass is 802 g/mol. The lowest BCUT2D eigenvalue weighted by atomic mass is 9.81. The molecule has 0 spiro atoms. The summed E-state index contributed by atoms with van der Waals surface area (Å²) in [6.07, 6.45) is 0. The van der Waals surface area contributed by atoms with Crippen LogP contribution in [0.5, 0.6) is 0 Å². The average Bonchev–Trinajstić information content (AvgIpc) is 3.96. The van der Waals surface area contributed by atoms with Crippen LogP contribution in [0.3, 0.4) is 0 Å². The standard InChI is InChI=1S/C61H38O2/c1-61(2)52-24-19-38(30-47(52)48-29-36-12-3-4-13-37(36)34-53(48)61)39-21-25-54-49(31-39)50-32-40(22-26-55(50)62-54)58-43-15-7-9-17-45(43)59(46-18-10-8-16-44(46)58)41-23-27-56-51(33-41)60-42-14-6-5-11-35(42)20-28-57(60)63-56/h3-34H,1-2H3. The zero-order valence-electron chi connectivity index (χ0n) is 34.8. The Bertz CT molecular complexity index is 4060. The SMILES string of the molecule is CC1(C)c2ccc(-c3ccc4oc5ccc(-c6c7ccccc7c(-c7ccc8oc9ccc%10ccccc%10c9c8c7)c7ccccc67)cc5c4c3)cc2-c2cc3ccccc3cc21. The van der Waals surface area contributed by atoms with Crippen molar-refractivity contribution in [3.63, 3.8) is 0 Å². The molecule has 294 valence electrons. The van der Waals surface area contributed by atoms with Crippen molar-refractivity contribution in [2.45, 2.75) is 19.3 Å². The second-order valence-corrected chi connectivity index (χ2v) is 18.0. The molecule has 0 saturated carbocycles. The van der Waals surface area contributed by atoms with Crippen molar-refractivity contribution in [1.82, 2.24) is 0 Å². The first kappa shape index (κ1) is 34.7. The van der Waals surface area contributed by atoms with E-state index in [0.717, 1.165) is 43.9 Å². The van der Waals surface area contributed by atoms with E-state index in [2.05, 4.69) is 208 Å². The molecule has 0 amide bonds. The van der Waals surface area contributed by atoms with Gasteiger partial charge >= 0.3 is 0 Å². The van der Waals surface area contributed by atoms with Gasteiger partial charge in [0.1, 0.15) is 22.3 Å². The largest absolute Gasteiger partial charge is 0.456 e. The van der Waals surface area contributed by atoms with Gasteiger partial charge in [-0.2, -0.15) is 0 Å². The first-order chi connectivity index (χ1) is 31.0. The molecule has 0 saturated heterocycles. The van der Waals surface area contributed by atoms with Gasteiger partial charge in [-0.1, -0.05) is 147 Å². The van der Waals surface area contributed by atoms with Crippen molar-refractivity contribution in [1.29, 1.82) is 0 Å². The maximum Gasteiger partial charge on any atom is 0.136 e. The van der Waals surface area contributed by atoms with Gasteiger partial charge in [-0.3, -0.25) is 0 Å². The highest BCUT2D eigenvalue weighted by molar-refractivity contribution is 6.24. The van der Waals surface area contributed by atoms with Gasteiger partial charge in [0, 0.05) is 27.0 Å². The third-order valence-electron chi connectivity index (χ3n) is 14.2. The Morgan fingerprint density at radius 2 is 0.746 bits per heavy atom. The molecule has 13 aromatic rings. The Morgan fingerprint density at radius 1 is 0.302 bits per heavy atom. The summed E-state index contributed by atoms with van der Waals surface area (Å²) in [7, 11) is 0. The van der Waals surface area contributed by atoms with Crippen LogP contribution in [0.4, 0.5) is 0 Å². The van der Waals surface area contributed by atoms with E-state index in [1.165, 1.54) is 98.7 Å². The number of furan rings is 2. The maximum atomic E-state index is 6.55. The van der Waals surface area contributed by atoms with Crippen LogP contribution in [0.1, 0.15) is 25.0 Å². The molecule has 0 N–H and O–H groups in total. The minimum atomic E-state index is -0.0709. The van der Waals surface area contributed by atoms with Crippen LogP contribution in [0, 0.1) is 0 Å². The minimum absolute atomic E-state index is 0.0709. The molecule has 0 atom stereocenters. The smallest absolute Gasteiger partial charge is 0.136 e. The van der Waals surface area contributed by atoms with Gasteiger partial charge in [0.15, 0.2) is 0 Å².